The van der Waals surface area contributed by atoms with Gasteiger partial charge in [-0.2, -0.15) is 0 Å². The van der Waals surface area contributed by atoms with Gasteiger partial charge in [0.25, 0.3) is 5.91 Å². The second-order valence-corrected chi connectivity index (χ2v) is 12.0. The van der Waals surface area contributed by atoms with E-state index in [1.54, 1.807) is 11.8 Å². The van der Waals surface area contributed by atoms with E-state index in [9.17, 15) is 9.59 Å². The standard InChI is InChI=1S/C33H38Cl2N4O4/c1-5-42-27-14-15-28(29(20-27)43-21(2)3)33(32(41)39-18-16-38(17-19-39)22(4)40)36-30(23-6-10-25(34)11-7-23)31(37-33)24-8-12-26(35)13-9-24/h6-15,20-21,30-31,36-37H,5,16-19H2,1-4H3. The van der Waals surface area contributed by atoms with E-state index in [-0.39, 0.29) is 30.0 Å². The van der Waals surface area contributed by atoms with Crippen molar-refractivity contribution in [3.8, 4) is 11.5 Å². The number of carbonyl (C=O) groups is 2. The summed E-state index contributed by atoms with van der Waals surface area (Å²) in [5.74, 6) is 1.05. The SMILES string of the molecule is CCOc1ccc(C2(C(=O)N3CCN(C(C)=O)CC3)NC(c3ccc(Cl)cc3)C(c3ccc(Cl)cc3)N2)c(OC(C)C)c1. The van der Waals surface area contributed by atoms with Crippen LogP contribution in [0.5, 0.6) is 11.5 Å². The molecule has 3 aromatic carbocycles. The number of amides is 2. The fourth-order valence-electron chi connectivity index (χ4n) is 5.84. The molecule has 2 fully saturated rings. The van der Waals surface area contributed by atoms with Crippen molar-refractivity contribution in [1.82, 2.24) is 20.4 Å². The third-order valence-corrected chi connectivity index (χ3v) is 8.40. The van der Waals surface area contributed by atoms with Crippen molar-refractivity contribution in [2.45, 2.75) is 51.5 Å². The fraction of sp³-hybridized carbons (Fsp3) is 0.394. The highest BCUT2D eigenvalue weighted by Crippen LogP contribution is 2.45. The molecule has 8 nitrogen and oxygen atoms in total. The summed E-state index contributed by atoms with van der Waals surface area (Å²) in [5.41, 5.74) is 1.21. The van der Waals surface area contributed by atoms with Gasteiger partial charge < -0.3 is 19.3 Å². The Hall–Kier alpha value is -3.30. The summed E-state index contributed by atoms with van der Waals surface area (Å²) < 4.78 is 12.2. The van der Waals surface area contributed by atoms with Crippen LogP contribution < -0.4 is 20.1 Å². The van der Waals surface area contributed by atoms with Crippen LogP contribution in [0.1, 0.15) is 56.5 Å². The molecule has 2 unspecified atom stereocenters. The Morgan fingerprint density at radius 3 is 1.84 bits per heavy atom. The molecule has 0 spiro atoms. The molecule has 2 N–H and O–H groups in total. The van der Waals surface area contributed by atoms with Crippen LogP contribution in [0.25, 0.3) is 0 Å². The Balaban J connectivity index is 1.66. The van der Waals surface area contributed by atoms with Gasteiger partial charge in [0.15, 0.2) is 5.66 Å². The van der Waals surface area contributed by atoms with Crippen LogP contribution in [0.3, 0.4) is 0 Å². The molecule has 0 bridgehead atoms. The highest BCUT2D eigenvalue weighted by Gasteiger charge is 2.54. The molecule has 2 amide bonds. The van der Waals surface area contributed by atoms with Gasteiger partial charge >= 0.3 is 0 Å². The van der Waals surface area contributed by atoms with Gasteiger partial charge in [-0.1, -0.05) is 47.5 Å². The molecule has 5 rings (SSSR count). The van der Waals surface area contributed by atoms with Gasteiger partial charge in [0, 0.05) is 54.8 Å². The number of carbonyl (C=O) groups excluding carboxylic acids is 2. The predicted octanol–water partition coefficient (Wildman–Crippen LogP) is 5.70. The Kier molecular flexibility index (Phi) is 9.51. The number of ether oxygens (including phenoxy) is 2. The van der Waals surface area contributed by atoms with Crippen molar-refractivity contribution >= 4 is 35.0 Å². The van der Waals surface area contributed by atoms with Gasteiger partial charge in [-0.05, 0) is 68.3 Å². The first-order valence-corrected chi connectivity index (χ1v) is 15.4. The number of nitrogens with one attached hydrogen (secondary N) is 2. The van der Waals surface area contributed by atoms with Gasteiger partial charge in [0.05, 0.1) is 24.8 Å². The second kappa shape index (κ2) is 13.1. The van der Waals surface area contributed by atoms with Crippen molar-refractivity contribution in [3.05, 3.63) is 93.5 Å². The smallest absolute Gasteiger partial charge is 0.262 e. The first kappa shape index (κ1) is 31.1. The maximum absolute atomic E-state index is 14.9. The average Bonchev–Trinajstić information content (AvgIpc) is 3.39. The molecule has 2 saturated heterocycles. The molecule has 10 heteroatoms. The van der Waals surface area contributed by atoms with Crippen LogP contribution in [0.4, 0.5) is 0 Å². The number of hydrogen-bond donors (Lipinski definition) is 2. The summed E-state index contributed by atoms with van der Waals surface area (Å²) in [6.45, 7) is 9.66. The minimum Gasteiger partial charge on any atom is -0.494 e. The zero-order chi connectivity index (χ0) is 30.7. The molecule has 0 aliphatic carbocycles. The lowest BCUT2D eigenvalue weighted by Crippen LogP contribution is -2.62. The number of nitrogens with zero attached hydrogens (tertiary/aromatic N) is 2. The monoisotopic (exact) mass is 624 g/mol. The van der Waals surface area contributed by atoms with E-state index in [1.165, 1.54) is 0 Å². The summed E-state index contributed by atoms with van der Waals surface area (Å²) in [4.78, 5) is 30.5. The Morgan fingerprint density at radius 2 is 1.37 bits per heavy atom. The first-order valence-electron chi connectivity index (χ1n) is 14.7. The van der Waals surface area contributed by atoms with E-state index in [0.29, 0.717) is 59.9 Å². The van der Waals surface area contributed by atoms with E-state index in [2.05, 4.69) is 10.6 Å². The third-order valence-electron chi connectivity index (χ3n) is 7.90. The zero-order valence-electron chi connectivity index (χ0n) is 24.9. The summed E-state index contributed by atoms with van der Waals surface area (Å²) in [7, 11) is 0. The summed E-state index contributed by atoms with van der Waals surface area (Å²) in [6, 6.07) is 20.3. The largest absolute Gasteiger partial charge is 0.494 e. The molecule has 2 aliphatic rings. The van der Waals surface area contributed by atoms with Crippen molar-refractivity contribution in [1.29, 1.82) is 0 Å². The Bertz CT molecular complexity index is 1390. The van der Waals surface area contributed by atoms with Crippen LogP contribution >= 0.6 is 23.2 Å². The summed E-state index contributed by atoms with van der Waals surface area (Å²) >= 11 is 12.5. The minimum absolute atomic E-state index is 0.00339. The predicted molar refractivity (Wildman–Crippen MR) is 169 cm³/mol. The number of halogens is 2. The number of hydrogen-bond acceptors (Lipinski definition) is 6. The van der Waals surface area contributed by atoms with Gasteiger partial charge in [-0.25, -0.2) is 0 Å². The quantitative estimate of drug-likeness (QED) is 0.335. The van der Waals surface area contributed by atoms with Gasteiger partial charge in [0.1, 0.15) is 11.5 Å². The lowest BCUT2D eigenvalue weighted by Gasteiger charge is -2.40. The highest BCUT2D eigenvalue weighted by molar-refractivity contribution is 6.30. The maximum Gasteiger partial charge on any atom is 0.262 e. The molecule has 2 aliphatic heterocycles. The van der Waals surface area contributed by atoms with Crippen molar-refractivity contribution in [3.63, 3.8) is 0 Å². The van der Waals surface area contributed by atoms with Gasteiger partial charge in [-0.3, -0.25) is 20.2 Å². The Morgan fingerprint density at radius 1 is 0.860 bits per heavy atom. The number of piperazine rings is 1. The fourth-order valence-corrected chi connectivity index (χ4v) is 6.09. The molecule has 228 valence electrons. The van der Waals surface area contributed by atoms with Crippen molar-refractivity contribution < 1.29 is 19.1 Å². The van der Waals surface area contributed by atoms with Crippen molar-refractivity contribution in [2.24, 2.45) is 0 Å². The molecule has 3 aromatic rings. The molecular weight excluding hydrogens is 587 g/mol. The zero-order valence-corrected chi connectivity index (χ0v) is 26.4. The van der Waals surface area contributed by atoms with Crippen LogP contribution in [0.2, 0.25) is 10.0 Å². The van der Waals surface area contributed by atoms with E-state index in [1.807, 2.05) is 92.4 Å². The lowest BCUT2D eigenvalue weighted by atomic mass is 9.95. The van der Waals surface area contributed by atoms with Crippen LogP contribution in [-0.4, -0.2) is 60.5 Å². The molecule has 2 heterocycles. The molecule has 43 heavy (non-hydrogen) atoms. The molecule has 0 radical (unpaired) electrons. The van der Waals surface area contributed by atoms with E-state index < -0.39 is 5.66 Å². The van der Waals surface area contributed by atoms with Gasteiger partial charge in [0.2, 0.25) is 5.91 Å². The Labute approximate surface area is 263 Å². The summed E-state index contributed by atoms with van der Waals surface area (Å²) in [5, 5.41) is 8.73. The normalized spacial score (nSPS) is 22.1. The van der Waals surface area contributed by atoms with Gasteiger partial charge in [-0.15, -0.1) is 0 Å². The minimum atomic E-state index is -1.37. The highest BCUT2D eigenvalue weighted by atomic mass is 35.5. The number of rotatable bonds is 8. The van der Waals surface area contributed by atoms with E-state index in [0.717, 1.165) is 11.1 Å². The van der Waals surface area contributed by atoms with Crippen LogP contribution in [-0.2, 0) is 15.3 Å². The molecule has 2 atom stereocenters. The molecule has 0 saturated carbocycles. The number of benzene rings is 3. The van der Waals surface area contributed by atoms with E-state index in [4.69, 9.17) is 32.7 Å². The van der Waals surface area contributed by atoms with Crippen LogP contribution in [0, 0.1) is 0 Å². The molecule has 0 aromatic heterocycles. The molecular formula is C33H38Cl2N4O4. The third kappa shape index (κ3) is 6.63. The van der Waals surface area contributed by atoms with E-state index >= 15 is 0 Å². The maximum atomic E-state index is 14.9. The van der Waals surface area contributed by atoms with Crippen molar-refractivity contribution in [2.75, 3.05) is 32.8 Å². The first-order chi connectivity index (χ1) is 20.6. The summed E-state index contributed by atoms with van der Waals surface area (Å²) in [6.07, 6.45) is -0.151. The lowest BCUT2D eigenvalue weighted by molar-refractivity contribution is -0.144. The second-order valence-electron chi connectivity index (χ2n) is 11.2. The topological polar surface area (TPSA) is 83.1 Å². The van der Waals surface area contributed by atoms with Crippen LogP contribution in [0.15, 0.2) is 66.7 Å². The average molecular weight is 626 g/mol.